The molecule has 5 heteroatoms. The Bertz CT molecular complexity index is 220. The lowest BCUT2D eigenvalue weighted by atomic mass is 10.2. The highest BCUT2D eigenvalue weighted by Gasteiger charge is 2.19. The minimum Gasteiger partial charge on any atom is -0.370 e. The van der Waals surface area contributed by atoms with Gasteiger partial charge in [0.1, 0.15) is 0 Å². The zero-order valence-corrected chi connectivity index (χ0v) is 12.9. The predicted octanol–water partition coefficient (Wildman–Crippen LogP) is 1.40. The Balaban J connectivity index is 0.00000225. The number of hydrogen-bond acceptors (Lipinski definition) is 2. The fourth-order valence-corrected chi connectivity index (χ4v) is 1.81. The van der Waals surface area contributed by atoms with Gasteiger partial charge in [0, 0.05) is 12.1 Å². The molecule has 0 aliphatic carbocycles. The van der Waals surface area contributed by atoms with Crippen molar-refractivity contribution in [1.82, 2.24) is 10.2 Å². The molecule has 0 aromatic heterocycles. The quantitative estimate of drug-likeness (QED) is 0.462. The summed E-state index contributed by atoms with van der Waals surface area (Å²) in [6.45, 7) is 6.27. The van der Waals surface area contributed by atoms with E-state index >= 15 is 0 Å². The van der Waals surface area contributed by atoms with E-state index < -0.39 is 0 Å². The molecule has 1 fully saturated rings. The van der Waals surface area contributed by atoms with Gasteiger partial charge in [-0.2, -0.15) is 0 Å². The maximum absolute atomic E-state index is 5.79. The lowest BCUT2D eigenvalue weighted by Crippen LogP contribution is -2.39. The average Bonchev–Trinajstić information content (AvgIpc) is 2.61. The van der Waals surface area contributed by atoms with Gasteiger partial charge in [0.05, 0.1) is 6.54 Å². The Hall–Kier alpha value is -0.0400. The van der Waals surface area contributed by atoms with E-state index in [1.165, 1.54) is 19.4 Å². The molecule has 1 rings (SSSR count). The number of aliphatic imine (C=N–C) groups is 1. The Morgan fingerprint density at radius 1 is 1.62 bits per heavy atom. The van der Waals surface area contributed by atoms with E-state index in [2.05, 4.69) is 36.1 Å². The van der Waals surface area contributed by atoms with Gasteiger partial charge in [0.15, 0.2) is 5.96 Å². The summed E-state index contributed by atoms with van der Waals surface area (Å²) < 4.78 is 0. The molecule has 4 nitrogen and oxygen atoms in total. The van der Waals surface area contributed by atoms with Crippen LogP contribution in [0.1, 0.15) is 33.1 Å². The monoisotopic (exact) mass is 340 g/mol. The lowest BCUT2D eigenvalue weighted by molar-refractivity contribution is 0.317. The van der Waals surface area contributed by atoms with Gasteiger partial charge in [0.25, 0.3) is 0 Å². The van der Waals surface area contributed by atoms with Gasteiger partial charge in [-0.3, -0.25) is 4.99 Å². The molecule has 1 aliphatic heterocycles. The molecule has 16 heavy (non-hydrogen) atoms. The largest absolute Gasteiger partial charge is 0.370 e. The van der Waals surface area contributed by atoms with Crippen molar-refractivity contribution in [1.29, 1.82) is 0 Å². The second-order valence-electron chi connectivity index (χ2n) is 4.46. The molecular weight excluding hydrogens is 315 g/mol. The van der Waals surface area contributed by atoms with Crippen molar-refractivity contribution < 1.29 is 0 Å². The third-order valence-corrected chi connectivity index (χ3v) is 3.15. The van der Waals surface area contributed by atoms with Crippen molar-refractivity contribution in [3.05, 3.63) is 0 Å². The molecule has 0 saturated carbocycles. The van der Waals surface area contributed by atoms with E-state index in [1.54, 1.807) is 0 Å². The van der Waals surface area contributed by atoms with Crippen LogP contribution in [0, 0.1) is 0 Å². The van der Waals surface area contributed by atoms with E-state index in [4.69, 9.17) is 5.73 Å². The molecule has 1 aliphatic rings. The number of nitrogens with two attached hydrogens (primary N) is 1. The molecule has 1 heterocycles. The van der Waals surface area contributed by atoms with Crippen LogP contribution in [0.15, 0.2) is 4.99 Å². The third-order valence-electron chi connectivity index (χ3n) is 3.15. The molecular formula is C11H25IN4. The van der Waals surface area contributed by atoms with E-state index in [-0.39, 0.29) is 24.0 Å². The van der Waals surface area contributed by atoms with E-state index in [0.717, 1.165) is 13.0 Å². The van der Waals surface area contributed by atoms with Gasteiger partial charge in [-0.25, -0.2) is 0 Å². The van der Waals surface area contributed by atoms with Crippen molar-refractivity contribution in [3.8, 4) is 0 Å². The summed E-state index contributed by atoms with van der Waals surface area (Å²) in [5.41, 5.74) is 5.79. The van der Waals surface area contributed by atoms with Crippen LogP contribution in [0.2, 0.25) is 0 Å². The summed E-state index contributed by atoms with van der Waals surface area (Å²) in [6.07, 6.45) is 3.60. The Kier molecular flexibility index (Phi) is 8.09. The van der Waals surface area contributed by atoms with Crippen molar-refractivity contribution in [3.63, 3.8) is 0 Å². The molecule has 0 radical (unpaired) electrons. The lowest BCUT2D eigenvalue weighted by Gasteiger charge is -2.18. The number of likely N-dealkylation sites (tertiary alicyclic amines) is 1. The highest BCUT2D eigenvalue weighted by molar-refractivity contribution is 14.0. The van der Waals surface area contributed by atoms with E-state index in [9.17, 15) is 0 Å². The van der Waals surface area contributed by atoms with E-state index in [1.807, 2.05) is 0 Å². The Labute approximate surface area is 116 Å². The maximum Gasteiger partial charge on any atom is 0.188 e. The van der Waals surface area contributed by atoms with Crippen molar-refractivity contribution in [2.45, 2.75) is 45.2 Å². The molecule has 0 amide bonds. The smallest absolute Gasteiger partial charge is 0.188 e. The fraction of sp³-hybridized carbons (Fsp3) is 0.909. The fourth-order valence-electron chi connectivity index (χ4n) is 1.81. The van der Waals surface area contributed by atoms with Crippen LogP contribution in [-0.2, 0) is 0 Å². The maximum atomic E-state index is 5.79. The van der Waals surface area contributed by atoms with Crippen LogP contribution in [0.3, 0.4) is 0 Å². The Morgan fingerprint density at radius 3 is 2.81 bits per heavy atom. The average molecular weight is 340 g/mol. The number of hydrogen-bond donors (Lipinski definition) is 2. The third kappa shape index (κ3) is 5.34. The normalized spacial score (nSPS) is 23.9. The summed E-state index contributed by atoms with van der Waals surface area (Å²) in [5, 5.41) is 3.18. The molecule has 2 unspecified atom stereocenters. The second kappa shape index (κ2) is 8.11. The van der Waals surface area contributed by atoms with Gasteiger partial charge < -0.3 is 16.0 Å². The summed E-state index contributed by atoms with van der Waals surface area (Å²) in [6, 6.07) is 0.998. The van der Waals surface area contributed by atoms with Gasteiger partial charge >= 0.3 is 0 Å². The standard InChI is InChI=1S/C11H24N4.HI/c1-4-9(2)14-11(12)13-8-10-6-5-7-15(10)3;/h9-10H,4-8H2,1-3H3,(H3,12,13,14);1H. The number of guanidine groups is 1. The molecule has 0 spiro atoms. The minimum atomic E-state index is 0. The first-order valence-electron chi connectivity index (χ1n) is 5.90. The summed E-state index contributed by atoms with van der Waals surface area (Å²) in [5.74, 6) is 0.588. The number of likely N-dealkylation sites (N-methyl/N-ethyl adjacent to an activating group) is 1. The van der Waals surface area contributed by atoms with Crippen LogP contribution in [-0.4, -0.2) is 43.1 Å². The Morgan fingerprint density at radius 2 is 2.31 bits per heavy atom. The number of nitrogens with zero attached hydrogens (tertiary/aromatic N) is 2. The van der Waals surface area contributed by atoms with Crippen LogP contribution in [0.25, 0.3) is 0 Å². The molecule has 0 aromatic carbocycles. The van der Waals surface area contributed by atoms with Crippen LogP contribution in [0.4, 0.5) is 0 Å². The summed E-state index contributed by atoms with van der Waals surface area (Å²) >= 11 is 0. The molecule has 3 N–H and O–H groups in total. The molecule has 0 bridgehead atoms. The molecule has 1 saturated heterocycles. The van der Waals surface area contributed by atoms with Crippen molar-refractivity contribution >= 4 is 29.9 Å². The predicted molar refractivity (Wildman–Crippen MR) is 80.4 cm³/mol. The first-order chi connectivity index (χ1) is 7.13. The SMILES string of the molecule is CCC(C)NC(N)=NCC1CCCN1C.I. The number of rotatable bonds is 4. The molecule has 96 valence electrons. The first-order valence-corrected chi connectivity index (χ1v) is 5.90. The summed E-state index contributed by atoms with van der Waals surface area (Å²) in [4.78, 5) is 6.75. The van der Waals surface area contributed by atoms with Gasteiger partial charge in [-0.05, 0) is 39.8 Å². The van der Waals surface area contributed by atoms with Gasteiger partial charge in [-0.15, -0.1) is 24.0 Å². The highest BCUT2D eigenvalue weighted by atomic mass is 127. The van der Waals surface area contributed by atoms with Crippen LogP contribution < -0.4 is 11.1 Å². The van der Waals surface area contributed by atoms with Crippen LogP contribution in [0.5, 0.6) is 0 Å². The van der Waals surface area contributed by atoms with Crippen molar-refractivity contribution in [2.75, 3.05) is 20.1 Å². The van der Waals surface area contributed by atoms with Crippen molar-refractivity contribution in [2.24, 2.45) is 10.7 Å². The highest BCUT2D eigenvalue weighted by Crippen LogP contribution is 2.14. The van der Waals surface area contributed by atoms with Crippen LogP contribution >= 0.6 is 24.0 Å². The molecule has 0 aromatic rings. The topological polar surface area (TPSA) is 53.6 Å². The zero-order chi connectivity index (χ0) is 11.3. The first kappa shape index (κ1) is 16.0. The number of halogens is 1. The molecule has 2 atom stereocenters. The van der Waals surface area contributed by atoms with Gasteiger partial charge in [0.2, 0.25) is 0 Å². The van der Waals surface area contributed by atoms with Gasteiger partial charge in [-0.1, -0.05) is 6.92 Å². The number of nitrogens with one attached hydrogen (secondary N) is 1. The zero-order valence-electron chi connectivity index (χ0n) is 10.6. The van der Waals surface area contributed by atoms with E-state index in [0.29, 0.717) is 18.0 Å². The second-order valence-corrected chi connectivity index (χ2v) is 4.46. The summed E-state index contributed by atoms with van der Waals surface area (Å²) in [7, 11) is 2.16. The minimum absolute atomic E-state index is 0.